The van der Waals surface area contributed by atoms with Crippen molar-refractivity contribution in [1.82, 2.24) is 0 Å². The number of hydrogen-bond donors (Lipinski definition) is 2. The van der Waals surface area contributed by atoms with E-state index >= 15 is 0 Å². The summed E-state index contributed by atoms with van der Waals surface area (Å²) in [4.78, 5) is 22.5. The number of hydrogen-bond acceptors (Lipinski definition) is 5. The summed E-state index contributed by atoms with van der Waals surface area (Å²) < 4.78 is 0. The van der Waals surface area contributed by atoms with E-state index in [1.54, 1.807) is 31.2 Å². The SMILES string of the molecule is Cc1ccc(Cl)cc1NC(=O)/C(C#N)=C\Nc1ccc(Cl)c([N+](=O)[O-])c1. The number of carbonyl (C=O) groups excluding carboxylic acids is 1. The predicted octanol–water partition coefficient (Wildman–Crippen LogP) is 4.67. The van der Waals surface area contributed by atoms with E-state index in [9.17, 15) is 20.2 Å². The summed E-state index contributed by atoms with van der Waals surface area (Å²) in [6.45, 7) is 1.78. The molecule has 9 heteroatoms. The van der Waals surface area contributed by atoms with Gasteiger partial charge in [0.2, 0.25) is 0 Å². The first-order chi connectivity index (χ1) is 12.3. The lowest BCUT2D eigenvalue weighted by molar-refractivity contribution is -0.384. The van der Waals surface area contributed by atoms with Crippen molar-refractivity contribution >= 4 is 46.2 Å². The van der Waals surface area contributed by atoms with Gasteiger partial charge >= 0.3 is 0 Å². The summed E-state index contributed by atoms with van der Waals surface area (Å²) in [5, 5.41) is 25.8. The fraction of sp³-hybridized carbons (Fsp3) is 0.0588. The lowest BCUT2D eigenvalue weighted by atomic mass is 10.2. The average molecular weight is 391 g/mol. The van der Waals surface area contributed by atoms with Crippen LogP contribution in [-0.4, -0.2) is 10.8 Å². The quantitative estimate of drug-likeness (QED) is 0.333. The summed E-state index contributed by atoms with van der Waals surface area (Å²) in [6, 6.07) is 10.8. The largest absolute Gasteiger partial charge is 0.360 e. The van der Waals surface area contributed by atoms with Gasteiger partial charge in [-0.25, -0.2) is 0 Å². The van der Waals surface area contributed by atoms with E-state index in [0.717, 1.165) is 11.8 Å². The first kappa shape index (κ1) is 19.2. The highest BCUT2D eigenvalue weighted by Gasteiger charge is 2.14. The highest BCUT2D eigenvalue weighted by atomic mass is 35.5. The molecule has 0 aromatic heterocycles. The van der Waals surface area contributed by atoms with Crippen LogP contribution in [0.4, 0.5) is 17.1 Å². The highest BCUT2D eigenvalue weighted by Crippen LogP contribution is 2.27. The Morgan fingerprint density at radius 3 is 2.65 bits per heavy atom. The Bertz CT molecular complexity index is 952. The Labute approximate surface area is 159 Å². The van der Waals surface area contributed by atoms with Crippen molar-refractivity contribution in [1.29, 1.82) is 5.26 Å². The zero-order valence-corrected chi connectivity index (χ0v) is 14.9. The van der Waals surface area contributed by atoms with Crippen LogP contribution in [0.1, 0.15) is 5.56 Å². The van der Waals surface area contributed by atoms with Gasteiger partial charge in [0.1, 0.15) is 16.7 Å². The van der Waals surface area contributed by atoms with Crippen LogP contribution in [-0.2, 0) is 4.79 Å². The average Bonchev–Trinajstić information content (AvgIpc) is 2.59. The van der Waals surface area contributed by atoms with E-state index < -0.39 is 10.8 Å². The van der Waals surface area contributed by atoms with Gasteiger partial charge in [0, 0.05) is 28.7 Å². The number of nitrogens with one attached hydrogen (secondary N) is 2. The summed E-state index contributed by atoms with van der Waals surface area (Å²) in [5.41, 5.74) is 1.05. The molecule has 0 atom stereocenters. The van der Waals surface area contributed by atoms with E-state index in [1.807, 2.05) is 0 Å². The Morgan fingerprint density at radius 2 is 2.00 bits per heavy atom. The number of rotatable bonds is 5. The van der Waals surface area contributed by atoms with Gasteiger partial charge in [-0.3, -0.25) is 14.9 Å². The molecule has 0 aliphatic carbocycles. The van der Waals surface area contributed by atoms with E-state index in [1.165, 1.54) is 18.2 Å². The van der Waals surface area contributed by atoms with Gasteiger partial charge in [-0.15, -0.1) is 0 Å². The predicted molar refractivity (Wildman–Crippen MR) is 100 cm³/mol. The molecule has 0 saturated carbocycles. The highest BCUT2D eigenvalue weighted by molar-refractivity contribution is 6.32. The molecule has 0 fully saturated rings. The van der Waals surface area contributed by atoms with Crippen molar-refractivity contribution in [2.75, 3.05) is 10.6 Å². The number of nitro benzene ring substituents is 1. The zero-order chi connectivity index (χ0) is 19.3. The van der Waals surface area contributed by atoms with Crippen LogP contribution < -0.4 is 10.6 Å². The molecule has 2 aromatic carbocycles. The summed E-state index contributed by atoms with van der Waals surface area (Å²) in [6.07, 6.45) is 1.15. The molecule has 132 valence electrons. The number of halogens is 2. The minimum absolute atomic E-state index is 0.0146. The molecule has 2 N–H and O–H groups in total. The number of nitriles is 1. The van der Waals surface area contributed by atoms with Crippen molar-refractivity contribution in [3.8, 4) is 6.07 Å². The second-order valence-electron chi connectivity index (χ2n) is 5.15. The van der Waals surface area contributed by atoms with Gasteiger partial charge in [0.25, 0.3) is 11.6 Å². The van der Waals surface area contributed by atoms with E-state index in [4.69, 9.17) is 23.2 Å². The normalized spacial score (nSPS) is 10.8. The maximum atomic E-state index is 12.2. The first-order valence-electron chi connectivity index (χ1n) is 7.20. The number of aryl methyl sites for hydroxylation is 1. The van der Waals surface area contributed by atoms with Crippen molar-refractivity contribution in [3.05, 3.63) is 73.9 Å². The van der Waals surface area contributed by atoms with Crippen molar-refractivity contribution in [3.63, 3.8) is 0 Å². The lowest BCUT2D eigenvalue weighted by Gasteiger charge is -2.08. The third kappa shape index (κ3) is 4.72. The van der Waals surface area contributed by atoms with Crippen LogP contribution in [0.2, 0.25) is 10.0 Å². The molecule has 0 heterocycles. The lowest BCUT2D eigenvalue weighted by Crippen LogP contribution is -2.15. The van der Waals surface area contributed by atoms with Crippen molar-refractivity contribution in [2.24, 2.45) is 0 Å². The second kappa shape index (κ2) is 8.34. The van der Waals surface area contributed by atoms with Gasteiger partial charge in [-0.05, 0) is 36.8 Å². The van der Waals surface area contributed by atoms with Crippen molar-refractivity contribution in [2.45, 2.75) is 6.92 Å². The number of amides is 1. The summed E-state index contributed by atoms with van der Waals surface area (Å²) in [5.74, 6) is -0.645. The van der Waals surface area contributed by atoms with Gasteiger partial charge in [0.05, 0.1) is 4.92 Å². The second-order valence-corrected chi connectivity index (χ2v) is 5.99. The van der Waals surface area contributed by atoms with Gasteiger partial charge in [-0.1, -0.05) is 29.3 Å². The monoisotopic (exact) mass is 390 g/mol. The Balaban J connectivity index is 2.19. The van der Waals surface area contributed by atoms with Crippen LogP contribution in [0.25, 0.3) is 0 Å². The van der Waals surface area contributed by atoms with Crippen LogP contribution >= 0.6 is 23.2 Å². The fourth-order valence-electron chi connectivity index (χ4n) is 1.97. The number of nitrogens with zero attached hydrogens (tertiary/aromatic N) is 2. The van der Waals surface area contributed by atoms with Crippen molar-refractivity contribution < 1.29 is 9.72 Å². The third-order valence-corrected chi connectivity index (χ3v) is 3.89. The maximum absolute atomic E-state index is 12.2. The molecule has 1 amide bonds. The Hall–Kier alpha value is -3.08. The molecular weight excluding hydrogens is 379 g/mol. The number of benzene rings is 2. The van der Waals surface area contributed by atoms with Crippen LogP contribution in [0.3, 0.4) is 0 Å². The Kier molecular flexibility index (Phi) is 6.17. The minimum Gasteiger partial charge on any atom is -0.360 e. The standard InChI is InChI=1S/C17H12Cl2N4O3/c1-10-2-3-12(18)6-15(10)22-17(24)11(8-20)9-21-13-4-5-14(19)16(7-13)23(25)26/h2-7,9,21H,1H3,(H,22,24)/b11-9-. The third-order valence-electron chi connectivity index (χ3n) is 3.34. The molecule has 0 saturated heterocycles. The van der Waals surface area contributed by atoms with Gasteiger partial charge < -0.3 is 10.6 Å². The summed E-state index contributed by atoms with van der Waals surface area (Å²) >= 11 is 11.6. The van der Waals surface area contributed by atoms with E-state index in [-0.39, 0.29) is 16.3 Å². The smallest absolute Gasteiger partial charge is 0.289 e. The molecule has 7 nitrogen and oxygen atoms in total. The van der Waals surface area contributed by atoms with Gasteiger partial charge in [0.15, 0.2) is 0 Å². The Morgan fingerprint density at radius 1 is 1.27 bits per heavy atom. The molecule has 26 heavy (non-hydrogen) atoms. The van der Waals surface area contributed by atoms with Crippen LogP contribution in [0, 0.1) is 28.4 Å². The van der Waals surface area contributed by atoms with Crippen LogP contribution in [0.15, 0.2) is 48.2 Å². The molecule has 0 aliphatic heterocycles. The zero-order valence-electron chi connectivity index (χ0n) is 13.4. The molecule has 2 aromatic rings. The molecule has 0 radical (unpaired) electrons. The molecular formula is C17H12Cl2N4O3. The minimum atomic E-state index is -0.645. The fourth-order valence-corrected chi connectivity index (χ4v) is 2.32. The number of anilines is 2. The maximum Gasteiger partial charge on any atom is 0.289 e. The molecule has 2 rings (SSSR count). The number of carbonyl (C=O) groups is 1. The van der Waals surface area contributed by atoms with E-state index in [2.05, 4.69) is 10.6 Å². The molecule has 0 bridgehead atoms. The molecule has 0 unspecified atom stereocenters. The first-order valence-corrected chi connectivity index (χ1v) is 7.95. The topological polar surface area (TPSA) is 108 Å². The number of nitro groups is 1. The van der Waals surface area contributed by atoms with Gasteiger partial charge in [-0.2, -0.15) is 5.26 Å². The molecule has 0 spiro atoms. The van der Waals surface area contributed by atoms with Crippen LogP contribution in [0.5, 0.6) is 0 Å². The molecule has 0 aliphatic rings. The summed E-state index contributed by atoms with van der Waals surface area (Å²) in [7, 11) is 0. The van der Waals surface area contributed by atoms with E-state index in [0.29, 0.717) is 16.4 Å².